The Balaban J connectivity index is 0.000000322. The zero-order chi connectivity index (χ0) is 10.1. The Kier molecular flexibility index (Phi) is 8.26. The monoisotopic (exact) mass is 230 g/mol. The van der Waals surface area contributed by atoms with Crippen molar-refractivity contribution in [1.29, 1.82) is 0 Å². The molecule has 2 rings (SSSR count). The van der Waals surface area contributed by atoms with Crippen LogP contribution in [0.15, 0.2) is 42.5 Å². The molecule has 0 aliphatic heterocycles. The van der Waals surface area contributed by atoms with Crippen LogP contribution in [0.25, 0.3) is 10.8 Å². The summed E-state index contributed by atoms with van der Waals surface area (Å²) in [5.74, 6) is 0. The fourth-order valence-electron chi connectivity index (χ4n) is 1.07. The third-order valence-electron chi connectivity index (χ3n) is 1.55. The molecule has 0 heterocycles. The van der Waals surface area contributed by atoms with E-state index in [9.17, 15) is 0 Å². The molecule has 0 aliphatic rings. The van der Waals surface area contributed by atoms with Crippen LogP contribution in [0.2, 0.25) is 0 Å². The molecule has 13 heavy (non-hydrogen) atoms. The first kappa shape index (κ1) is 12.8. The number of benzene rings is 1. The summed E-state index contributed by atoms with van der Waals surface area (Å²) in [4.78, 5) is 0. The molecule has 0 saturated carbocycles. The minimum Gasteiger partial charge on any atom is -0.168 e. The van der Waals surface area contributed by atoms with Crippen molar-refractivity contribution in [3.8, 4) is 0 Å². The normalized spacial score (nSPS) is 7.85. The molecule has 0 atom stereocenters. The van der Waals surface area contributed by atoms with Crippen molar-refractivity contribution in [2.24, 2.45) is 0 Å². The number of halogens is 1. The van der Waals surface area contributed by atoms with E-state index < -0.39 is 0 Å². The molecule has 0 bridgehead atoms. The van der Waals surface area contributed by atoms with E-state index in [0.29, 0.717) is 0 Å². The molecule has 3 heteroatoms. The average Bonchev–Trinajstić information content (AvgIpc) is 2.71. The molecule has 0 saturated heterocycles. The fraction of sp³-hybridized carbons (Fsp3) is 0.100. The molecule has 68 valence electrons. The van der Waals surface area contributed by atoms with Gasteiger partial charge in [-0.25, -0.2) is 0 Å². The first-order valence-corrected chi connectivity index (χ1v) is 5.86. The van der Waals surface area contributed by atoms with Crippen molar-refractivity contribution in [1.82, 2.24) is 0 Å². The van der Waals surface area contributed by atoms with Crippen LogP contribution in [0.1, 0.15) is 0 Å². The standard InChI is InChI=1S/C9H7.CH4O.ClH.Ti/c1-2-5-9-7-3-6-8(9)4-1;1-2;;/h1-7H;2H,1H3;1H;/q-1;;;+2/p-1. The molecule has 0 aromatic heterocycles. The van der Waals surface area contributed by atoms with Gasteiger partial charge < -0.3 is 5.11 Å². The van der Waals surface area contributed by atoms with Crippen LogP contribution >= 0.6 is 9.30 Å². The van der Waals surface area contributed by atoms with Gasteiger partial charge in [0.15, 0.2) is 0 Å². The van der Waals surface area contributed by atoms with Gasteiger partial charge >= 0.3 is 28.7 Å². The molecule has 0 aliphatic carbocycles. The summed E-state index contributed by atoms with van der Waals surface area (Å²) in [5, 5.41) is 9.66. The Labute approximate surface area is 94.0 Å². The molecule has 2 aromatic carbocycles. The van der Waals surface area contributed by atoms with Gasteiger partial charge in [0.2, 0.25) is 0 Å². The number of hydrogen-bond acceptors (Lipinski definition) is 1. The first-order valence-electron chi connectivity index (χ1n) is 3.71. The van der Waals surface area contributed by atoms with E-state index >= 15 is 0 Å². The minimum atomic E-state index is 1.00. The van der Waals surface area contributed by atoms with Gasteiger partial charge in [0.25, 0.3) is 0 Å². The number of aliphatic hydroxyl groups is 1. The second kappa shape index (κ2) is 8.40. The van der Waals surface area contributed by atoms with Crippen molar-refractivity contribution in [2.75, 3.05) is 7.11 Å². The van der Waals surface area contributed by atoms with E-state index in [-0.39, 0.29) is 0 Å². The molecule has 0 radical (unpaired) electrons. The molecule has 1 N–H and O–H groups in total. The molecule has 2 aromatic rings. The maximum Gasteiger partial charge on any atom is -0.0809 e. The van der Waals surface area contributed by atoms with Crippen LogP contribution in [0.4, 0.5) is 0 Å². The van der Waals surface area contributed by atoms with Gasteiger partial charge in [-0.1, -0.05) is 6.07 Å². The second-order valence-electron chi connectivity index (χ2n) is 2.15. The van der Waals surface area contributed by atoms with Crippen LogP contribution in [-0.2, 0) is 19.4 Å². The summed E-state index contributed by atoms with van der Waals surface area (Å²) < 4.78 is 0. The summed E-state index contributed by atoms with van der Waals surface area (Å²) >= 11 is 1.47. The van der Waals surface area contributed by atoms with Gasteiger partial charge in [-0.15, -0.1) is 29.7 Å². The molecular weight excluding hydrogens is 219 g/mol. The third kappa shape index (κ3) is 4.01. The largest absolute Gasteiger partial charge is 0.168 e. The van der Waals surface area contributed by atoms with Gasteiger partial charge in [0.1, 0.15) is 0 Å². The van der Waals surface area contributed by atoms with Crippen LogP contribution in [0.3, 0.4) is 0 Å². The van der Waals surface area contributed by atoms with E-state index in [4.69, 9.17) is 5.11 Å². The summed E-state index contributed by atoms with van der Waals surface area (Å²) in [6.07, 6.45) is 0. The maximum atomic E-state index is 7.00. The van der Waals surface area contributed by atoms with Crippen molar-refractivity contribution < 1.29 is 24.5 Å². The number of hydrogen-bond donors (Lipinski definition) is 1. The predicted molar refractivity (Wildman–Crippen MR) is 53.5 cm³/mol. The van der Waals surface area contributed by atoms with E-state index in [1.165, 1.54) is 30.1 Å². The Hall–Kier alpha value is -0.206. The van der Waals surface area contributed by atoms with Crippen molar-refractivity contribution in [3.63, 3.8) is 0 Å². The molecular formula is C10H11ClOTi. The Morgan fingerprint density at radius 1 is 1.15 bits per heavy atom. The molecule has 1 nitrogen and oxygen atoms in total. The summed E-state index contributed by atoms with van der Waals surface area (Å²) in [5.41, 5.74) is 0. The third-order valence-corrected chi connectivity index (χ3v) is 1.55. The first-order chi connectivity index (χ1) is 6.47. The van der Waals surface area contributed by atoms with Gasteiger partial charge in [-0.05, 0) is 0 Å². The molecule has 0 fully saturated rings. The summed E-state index contributed by atoms with van der Waals surface area (Å²) in [6, 6.07) is 14.7. The summed E-state index contributed by atoms with van der Waals surface area (Å²) in [7, 11) is 5.64. The second-order valence-corrected chi connectivity index (χ2v) is 2.15. The van der Waals surface area contributed by atoms with Crippen molar-refractivity contribution in [2.45, 2.75) is 0 Å². The van der Waals surface area contributed by atoms with E-state index in [1.807, 2.05) is 0 Å². The Morgan fingerprint density at radius 2 is 1.77 bits per heavy atom. The van der Waals surface area contributed by atoms with Crippen molar-refractivity contribution in [3.05, 3.63) is 42.5 Å². The smallest absolute Gasteiger partial charge is 0.0809 e. The van der Waals surface area contributed by atoms with Gasteiger partial charge in [-0.3, -0.25) is 0 Å². The Morgan fingerprint density at radius 3 is 2.38 bits per heavy atom. The van der Waals surface area contributed by atoms with Crippen LogP contribution in [0.5, 0.6) is 0 Å². The minimum absolute atomic E-state index is 1.00. The quantitative estimate of drug-likeness (QED) is 0.545. The van der Waals surface area contributed by atoms with Crippen LogP contribution in [-0.4, -0.2) is 12.2 Å². The van der Waals surface area contributed by atoms with E-state index in [0.717, 1.165) is 7.11 Å². The predicted octanol–water partition coefficient (Wildman–Crippen LogP) is 2.85. The van der Waals surface area contributed by atoms with E-state index in [1.54, 1.807) is 0 Å². The van der Waals surface area contributed by atoms with Gasteiger partial charge in [0.05, 0.1) is 0 Å². The number of aliphatic hydroxyl groups excluding tert-OH is 1. The fourth-order valence-corrected chi connectivity index (χ4v) is 1.07. The topological polar surface area (TPSA) is 20.2 Å². The van der Waals surface area contributed by atoms with Crippen molar-refractivity contribution >= 4 is 20.1 Å². The molecule has 0 spiro atoms. The molecule has 0 unspecified atom stereocenters. The van der Waals surface area contributed by atoms with E-state index in [2.05, 4.69) is 51.8 Å². The molecule has 0 amide bonds. The van der Waals surface area contributed by atoms with Gasteiger partial charge in [-0.2, -0.15) is 17.5 Å². The Bertz CT molecular complexity index is 289. The summed E-state index contributed by atoms with van der Waals surface area (Å²) in [6.45, 7) is 0. The number of fused-ring (bicyclic) bond motifs is 1. The average molecular weight is 231 g/mol. The van der Waals surface area contributed by atoms with Crippen LogP contribution < -0.4 is 0 Å². The number of rotatable bonds is 0. The van der Waals surface area contributed by atoms with Crippen LogP contribution in [0, 0.1) is 0 Å². The maximum absolute atomic E-state index is 7.00. The zero-order valence-corrected chi connectivity index (χ0v) is 9.68. The SMILES string of the molecule is CO.[Cl][Ti+].c1ccc2[cH-]ccc2c1. The zero-order valence-electron chi connectivity index (χ0n) is 7.37. The van der Waals surface area contributed by atoms with Gasteiger partial charge in [0, 0.05) is 7.11 Å².